The van der Waals surface area contributed by atoms with Crippen LogP contribution in [0.4, 0.5) is 0 Å². The number of rotatable bonds is 4. The van der Waals surface area contributed by atoms with Gasteiger partial charge in [-0.05, 0) is 156 Å². The molecule has 3 unspecified atom stereocenters. The van der Waals surface area contributed by atoms with Gasteiger partial charge in [-0.25, -0.2) is 0 Å². The number of benzene rings is 5. The second-order valence-electron chi connectivity index (χ2n) is 11.2. The Kier molecular flexibility index (Phi) is 14.3. The number of hydrogen-bond donors (Lipinski definition) is 0. The molecule has 5 aromatic rings. The molecule has 1 aliphatic rings. The monoisotopic (exact) mass is 1810 g/mol. The zero-order valence-electron chi connectivity index (χ0n) is 23.6. The van der Waals surface area contributed by atoms with Crippen LogP contribution < -0.4 is 0 Å². The van der Waals surface area contributed by atoms with E-state index in [4.69, 9.17) is 0 Å². The zero-order valence-corrected chi connectivity index (χ0v) is 52.1. The Morgan fingerprint density at radius 1 is 0.560 bits per heavy atom. The predicted molar refractivity (Wildman–Crippen MR) is 281 cm³/mol. The standard InChI is InChI=1S/C32H10Br18/c33-19-15-16(22(36)25(39)24(38)21(15)35)20(34)18-17(19)23(37)26(40)27(41)28(18,42)30(45,32(48,49)50)31(46,47)29(43,44)14-7-3-6-12-8-10-4-1-2-5-11(10)9-13(12)14/h1-9,27H. The molecule has 50 heavy (non-hydrogen) atoms. The molecule has 0 aliphatic heterocycles. The van der Waals surface area contributed by atoms with E-state index in [0.717, 1.165) is 79.4 Å². The fourth-order valence-corrected chi connectivity index (χ4v) is 24.5. The van der Waals surface area contributed by atoms with Gasteiger partial charge < -0.3 is 0 Å². The summed E-state index contributed by atoms with van der Waals surface area (Å²) in [6.45, 7) is 0. The summed E-state index contributed by atoms with van der Waals surface area (Å²) in [6.07, 6.45) is 0. The molecule has 18 heteroatoms. The molecule has 0 saturated heterocycles. The highest BCUT2D eigenvalue weighted by Crippen LogP contribution is 2.78. The van der Waals surface area contributed by atoms with Crippen LogP contribution in [0.3, 0.4) is 0 Å². The van der Waals surface area contributed by atoms with E-state index in [1.54, 1.807) is 0 Å². The Balaban J connectivity index is 1.75. The van der Waals surface area contributed by atoms with Crippen molar-refractivity contribution in [1.29, 1.82) is 0 Å². The molecule has 5 aromatic carbocycles. The molecular weight excluding hydrogens is 1820 g/mol. The van der Waals surface area contributed by atoms with Gasteiger partial charge in [0.2, 0.25) is 0 Å². The molecule has 0 aromatic heterocycles. The van der Waals surface area contributed by atoms with Crippen molar-refractivity contribution in [2.45, 2.75) is 22.1 Å². The van der Waals surface area contributed by atoms with Crippen molar-refractivity contribution >= 4 is 324 Å². The van der Waals surface area contributed by atoms with Crippen LogP contribution in [0.5, 0.6) is 0 Å². The Hall–Kier alpha value is 5.26. The molecule has 0 amide bonds. The minimum Gasteiger partial charge on any atom is -0.0813 e. The number of allylic oxidation sites excluding steroid dienone is 1. The van der Waals surface area contributed by atoms with Gasteiger partial charge in [0.1, 0.15) is 10.8 Å². The van der Waals surface area contributed by atoms with E-state index in [1.165, 1.54) is 5.39 Å². The lowest BCUT2D eigenvalue weighted by atomic mass is 9.75. The molecule has 0 radical (unpaired) electrons. The Bertz CT molecular complexity index is 2310. The van der Waals surface area contributed by atoms with E-state index < -0.39 is 17.3 Å². The Morgan fingerprint density at radius 2 is 1.06 bits per heavy atom. The molecule has 0 nitrogen and oxygen atoms in total. The highest BCUT2D eigenvalue weighted by molar-refractivity contribution is 9.40. The Labute approximate surface area is 439 Å². The SMILES string of the molecule is BrC1=C(Br)C(Br)C(Br)(C(Br)(C(Br)(Br)Br)C(Br)(Br)C(Br)(Br)c2cccc3cc4ccccc4cc23)c2c1c(Br)c1c(Br)c(Br)c(Br)c(Br)c1c2Br. The summed E-state index contributed by atoms with van der Waals surface area (Å²) in [4.78, 5) is -0.383. The molecule has 0 saturated carbocycles. The lowest BCUT2D eigenvalue weighted by Crippen LogP contribution is -2.68. The molecule has 0 bridgehead atoms. The van der Waals surface area contributed by atoms with Gasteiger partial charge in [0.25, 0.3) is 0 Å². The van der Waals surface area contributed by atoms with Crippen molar-refractivity contribution in [3.8, 4) is 0 Å². The lowest BCUT2D eigenvalue weighted by molar-refractivity contribution is 0.441. The summed E-state index contributed by atoms with van der Waals surface area (Å²) < 4.78 is 1.66. The summed E-state index contributed by atoms with van der Waals surface area (Å²) in [5, 5.41) is 6.41. The Morgan fingerprint density at radius 3 is 1.60 bits per heavy atom. The minimum atomic E-state index is -1.15. The lowest BCUT2D eigenvalue weighted by Gasteiger charge is -2.60. The van der Waals surface area contributed by atoms with E-state index in [2.05, 4.69) is 341 Å². The maximum atomic E-state index is 4.45. The minimum absolute atomic E-state index is 0.383. The summed E-state index contributed by atoms with van der Waals surface area (Å²) >= 11 is 73.7. The fraction of sp³-hybridized carbons (Fsp3) is 0.188. The van der Waals surface area contributed by atoms with Crippen molar-refractivity contribution in [1.82, 2.24) is 0 Å². The molecule has 264 valence electrons. The molecule has 0 spiro atoms. The maximum Gasteiger partial charge on any atom is 0.154 e. The third-order valence-electron chi connectivity index (χ3n) is 8.56. The van der Waals surface area contributed by atoms with Crippen molar-refractivity contribution in [3.63, 3.8) is 0 Å². The van der Waals surface area contributed by atoms with Crippen molar-refractivity contribution < 1.29 is 0 Å². The van der Waals surface area contributed by atoms with Crippen LogP contribution in [0.2, 0.25) is 0 Å². The highest BCUT2D eigenvalue weighted by atomic mass is 80.0. The molecule has 6 rings (SSSR count). The van der Waals surface area contributed by atoms with Crippen LogP contribution in [0, 0.1) is 0 Å². The maximum absolute atomic E-state index is 4.45. The third kappa shape index (κ3) is 6.62. The predicted octanol–water partition coefficient (Wildman–Crippen LogP) is 20.6. The second-order valence-corrected chi connectivity index (χ2v) is 34.6. The topological polar surface area (TPSA) is 0 Å². The van der Waals surface area contributed by atoms with Crippen LogP contribution in [0.25, 0.3) is 36.8 Å². The van der Waals surface area contributed by atoms with Crippen LogP contribution in [-0.2, 0) is 7.56 Å². The number of alkyl halides is 10. The van der Waals surface area contributed by atoms with Crippen LogP contribution >= 0.6 is 287 Å². The molecule has 0 fully saturated rings. The first-order valence-electron chi connectivity index (χ1n) is 13.5. The van der Waals surface area contributed by atoms with Crippen molar-refractivity contribution in [2.75, 3.05) is 0 Å². The summed E-state index contributed by atoms with van der Waals surface area (Å²) in [5.74, 6) is 0. The smallest absolute Gasteiger partial charge is 0.0813 e. The molecular formula is C32H10Br18. The van der Waals surface area contributed by atoms with E-state index in [0.29, 0.717) is 0 Å². The average Bonchev–Trinajstić information content (AvgIpc) is 3.05. The number of halogens is 18. The summed E-state index contributed by atoms with van der Waals surface area (Å²) in [5.41, 5.74) is 2.84. The van der Waals surface area contributed by atoms with Crippen LogP contribution in [0.1, 0.15) is 16.7 Å². The van der Waals surface area contributed by atoms with Gasteiger partial charge in [0, 0.05) is 52.1 Å². The molecule has 0 N–H and O–H groups in total. The first kappa shape index (κ1) is 44.8. The van der Waals surface area contributed by atoms with Gasteiger partial charge in [-0.1, -0.05) is 218 Å². The van der Waals surface area contributed by atoms with E-state index in [-0.39, 0.29) is 4.83 Å². The van der Waals surface area contributed by atoms with Gasteiger partial charge in [-0.3, -0.25) is 0 Å². The average molecular weight is 1830 g/mol. The molecule has 1 aliphatic carbocycles. The second kappa shape index (κ2) is 15.9. The summed E-state index contributed by atoms with van der Waals surface area (Å²) in [7, 11) is 0. The normalized spacial score (nSPS) is 20.2. The van der Waals surface area contributed by atoms with Gasteiger partial charge in [-0.2, -0.15) is 0 Å². The van der Waals surface area contributed by atoms with Crippen LogP contribution in [0.15, 0.2) is 85.9 Å². The van der Waals surface area contributed by atoms with Gasteiger partial charge >= 0.3 is 0 Å². The van der Waals surface area contributed by atoms with E-state index in [1.807, 2.05) is 0 Å². The number of fused-ring (bicyclic) bond motifs is 4. The zero-order chi connectivity index (χ0) is 37.3. The number of hydrogen-bond acceptors (Lipinski definition) is 0. The van der Waals surface area contributed by atoms with E-state index in [9.17, 15) is 0 Å². The quantitative estimate of drug-likeness (QED) is 0.0728. The first-order chi connectivity index (χ1) is 23.0. The molecule has 0 heterocycles. The summed E-state index contributed by atoms with van der Waals surface area (Å²) in [6, 6.07) is 19.2. The van der Waals surface area contributed by atoms with E-state index >= 15 is 0 Å². The van der Waals surface area contributed by atoms with Gasteiger partial charge in [-0.15, -0.1) is 0 Å². The molecule has 3 atom stereocenters. The van der Waals surface area contributed by atoms with Crippen LogP contribution in [-0.4, -0.2) is 14.5 Å². The third-order valence-corrected chi connectivity index (χ3v) is 34.3. The fourth-order valence-electron chi connectivity index (χ4n) is 6.18. The largest absolute Gasteiger partial charge is 0.154 e. The van der Waals surface area contributed by atoms with Gasteiger partial charge in [0.15, 0.2) is 2.14 Å². The first-order valence-corrected chi connectivity index (χ1v) is 27.9. The highest BCUT2D eigenvalue weighted by Gasteiger charge is 2.76. The van der Waals surface area contributed by atoms with Gasteiger partial charge in [0.05, 0.1) is 9.15 Å². The van der Waals surface area contributed by atoms with Crippen molar-refractivity contribution in [2.24, 2.45) is 0 Å². The van der Waals surface area contributed by atoms with Crippen molar-refractivity contribution in [3.05, 3.63) is 103 Å².